The molecule has 0 fully saturated rings. The number of hydrogen-bond donors (Lipinski definition) is 1. The van der Waals surface area contributed by atoms with Gasteiger partial charge < -0.3 is 10.1 Å². The Morgan fingerprint density at radius 3 is 2.31 bits per heavy atom. The Balaban J connectivity index is 2.24. The van der Waals surface area contributed by atoms with Gasteiger partial charge in [0.1, 0.15) is 11.3 Å². The highest BCUT2D eigenvalue weighted by molar-refractivity contribution is 6.19. The van der Waals surface area contributed by atoms with E-state index in [9.17, 15) is 19.2 Å². The first-order chi connectivity index (χ1) is 16.4. The number of ether oxygens (including phenoxy) is 1. The van der Waals surface area contributed by atoms with E-state index >= 15 is 0 Å². The number of rotatable bonds is 7. The molecule has 0 spiro atoms. The van der Waals surface area contributed by atoms with Gasteiger partial charge in [-0.05, 0) is 44.7 Å². The molecule has 1 amide bonds. The second-order valence-corrected chi connectivity index (χ2v) is 10.6. The van der Waals surface area contributed by atoms with Crippen molar-refractivity contribution in [3.63, 3.8) is 0 Å². The van der Waals surface area contributed by atoms with Gasteiger partial charge in [0.2, 0.25) is 5.91 Å². The molecule has 0 heterocycles. The summed E-state index contributed by atoms with van der Waals surface area (Å²) in [7, 11) is 0. The maximum atomic E-state index is 14.0. The highest BCUT2D eigenvalue weighted by atomic mass is 16.5. The van der Waals surface area contributed by atoms with Gasteiger partial charge in [0.15, 0.2) is 11.6 Å². The van der Waals surface area contributed by atoms with E-state index in [1.54, 1.807) is 57.2 Å². The van der Waals surface area contributed by atoms with Crippen molar-refractivity contribution >= 4 is 23.4 Å². The van der Waals surface area contributed by atoms with Crippen LogP contribution in [0.3, 0.4) is 0 Å². The third kappa shape index (κ3) is 5.37. The highest BCUT2D eigenvalue weighted by Crippen LogP contribution is 2.42. The van der Waals surface area contributed by atoms with Crippen LogP contribution in [-0.4, -0.2) is 23.4 Å². The fourth-order valence-corrected chi connectivity index (χ4v) is 4.18. The molecule has 6 heteroatoms. The van der Waals surface area contributed by atoms with Crippen molar-refractivity contribution in [2.24, 2.45) is 5.41 Å². The Hall–Kier alpha value is -3.28. The molecular weight excluding hydrogens is 442 g/mol. The van der Waals surface area contributed by atoms with Crippen LogP contribution in [0.15, 0.2) is 42.5 Å². The summed E-state index contributed by atoms with van der Waals surface area (Å²) in [6.45, 7) is 11.2. The minimum absolute atomic E-state index is 0.135. The second-order valence-electron chi connectivity index (χ2n) is 10.6. The van der Waals surface area contributed by atoms with Crippen molar-refractivity contribution in [2.45, 2.75) is 78.7 Å². The summed E-state index contributed by atoms with van der Waals surface area (Å²) in [5.41, 5.74) is -0.644. The van der Waals surface area contributed by atoms with Crippen LogP contribution in [0.25, 0.3) is 0 Å². The standard InChI is InChI=1S/C29H35NO5/c1-7-8-13-25(32)30-29(17-23(31)20-11-9-10-12-21(20)26(29)33)22-15-14-19(18(2)3)16-24(22)35-27(34)28(4,5)6/h9-12,14-16,18H,7-8,13,17H2,1-6H3,(H,30,32). The predicted molar refractivity (Wildman–Crippen MR) is 135 cm³/mol. The summed E-state index contributed by atoms with van der Waals surface area (Å²) in [5, 5.41) is 2.91. The Labute approximate surface area is 207 Å². The van der Waals surface area contributed by atoms with E-state index in [1.807, 2.05) is 26.8 Å². The lowest BCUT2D eigenvalue weighted by Gasteiger charge is -2.38. The zero-order valence-corrected chi connectivity index (χ0v) is 21.5. The lowest BCUT2D eigenvalue weighted by Crippen LogP contribution is -2.55. The largest absolute Gasteiger partial charge is 0.426 e. The lowest BCUT2D eigenvalue weighted by atomic mass is 9.71. The first kappa shape index (κ1) is 26.3. The molecule has 0 saturated heterocycles. The number of fused-ring (bicyclic) bond motifs is 1. The van der Waals surface area contributed by atoms with E-state index in [0.717, 1.165) is 12.0 Å². The summed E-state index contributed by atoms with van der Waals surface area (Å²) in [6, 6.07) is 11.9. The minimum atomic E-state index is -1.67. The Kier molecular flexibility index (Phi) is 7.63. The van der Waals surface area contributed by atoms with E-state index in [2.05, 4.69) is 5.32 Å². The number of hydrogen-bond acceptors (Lipinski definition) is 5. The monoisotopic (exact) mass is 477 g/mol. The number of ketones is 2. The first-order valence-electron chi connectivity index (χ1n) is 12.3. The van der Waals surface area contributed by atoms with Crippen molar-refractivity contribution in [3.8, 4) is 5.75 Å². The number of amides is 1. The first-order valence-corrected chi connectivity index (χ1v) is 12.3. The second kappa shape index (κ2) is 10.1. The van der Waals surface area contributed by atoms with Gasteiger partial charge in [-0.3, -0.25) is 19.2 Å². The number of Topliss-reactive ketones (excluding diaryl/α,β-unsaturated/α-hetero) is 2. The van der Waals surface area contributed by atoms with Gasteiger partial charge in [-0.25, -0.2) is 0 Å². The van der Waals surface area contributed by atoms with E-state index < -0.39 is 16.9 Å². The molecular formula is C29H35NO5. The topological polar surface area (TPSA) is 89.5 Å². The van der Waals surface area contributed by atoms with Crippen LogP contribution in [0.5, 0.6) is 5.75 Å². The molecule has 1 atom stereocenters. The summed E-state index contributed by atoms with van der Waals surface area (Å²) in [5.74, 6) is -1.11. The van der Waals surface area contributed by atoms with E-state index in [-0.39, 0.29) is 47.5 Å². The van der Waals surface area contributed by atoms with Crippen LogP contribution < -0.4 is 10.1 Å². The fourth-order valence-electron chi connectivity index (χ4n) is 4.18. The molecule has 2 aromatic rings. The average Bonchev–Trinajstić information content (AvgIpc) is 2.80. The molecule has 0 aliphatic heterocycles. The molecule has 0 saturated carbocycles. The minimum Gasteiger partial charge on any atom is -0.426 e. The van der Waals surface area contributed by atoms with Crippen LogP contribution in [0, 0.1) is 5.41 Å². The maximum Gasteiger partial charge on any atom is 0.316 e. The number of nitrogens with one attached hydrogen (secondary N) is 1. The molecule has 0 bridgehead atoms. The van der Waals surface area contributed by atoms with Crippen molar-refractivity contribution in [1.82, 2.24) is 5.32 Å². The van der Waals surface area contributed by atoms with Crippen LogP contribution >= 0.6 is 0 Å². The highest BCUT2D eigenvalue weighted by Gasteiger charge is 2.50. The molecule has 1 N–H and O–H groups in total. The van der Waals surface area contributed by atoms with Gasteiger partial charge in [0.25, 0.3) is 0 Å². The molecule has 1 unspecified atom stereocenters. The molecule has 0 aromatic heterocycles. The van der Waals surface area contributed by atoms with Crippen LogP contribution in [-0.2, 0) is 15.1 Å². The lowest BCUT2D eigenvalue weighted by molar-refractivity contribution is -0.143. The molecule has 1 aliphatic carbocycles. The van der Waals surface area contributed by atoms with Gasteiger partial charge in [-0.1, -0.05) is 63.6 Å². The number of benzene rings is 2. The number of carbonyl (C=O) groups is 4. The third-order valence-electron chi connectivity index (χ3n) is 6.34. The Bertz CT molecular complexity index is 1160. The Morgan fingerprint density at radius 2 is 1.71 bits per heavy atom. The molecule has 3 rings (SSSR count). The quantitative estimate of drug-likeness (QED) is 0.406. The van der Waals surface area contributed by atoms with Crippen molar-refractivity contribution in [1.29, 1.82) is 0 Å². The normalized spacial score (nSPS) is 17.8. The third-order valence-corrected chi connectivity index (χ3v) is 6.34. The van der Waals surface area contributed by atoms with E-state index in [0.29, 0.717) is 17.5 Å². The summed E-state index contributed by atoms with van der Waals surface area (Å²) < 4.78 is 5.86. The molecule has 2 aromatic carbocycles. The molecule has 1 aliphatic rings. The van der Waals surface area contributed by atoms with Gasteiger partial charge in [0.05, 0.1) is 5.41 Å². The van der Waals surface area contributed by atoms with Crippen LogP contribution in [0.1, 0.15) is 105 Å². The zero-order valence-electron chi connectivity index (χ0n) is 21.5. The number of carbonyl (C=O) groups excluding carboxylic acids is 4. The smallest absolute Gasteiger partial charge is 0.316 e. The van der Waals surface area contributed by atoms with E-state index in [1.165, 1.54) is 0 Å². The van der Waals surface area contributed by atoms with Crippen LogP contribution in [0.4, 0.5) is 0 Å². The van der Waals surface area contributed by atoms with Gasteiger partial charge >= 0.3 is 5.97 Å². The van der Waals surface area contributed by atoms with Crippen molar-refractivity contribution in [3.05, 3.63) is 64.7 Å². The van der Waals surface area contributed by atoms with Crippen molar-refractivity contribution < 1.29 is 23.9 Å². The SMILES string of the molecule is CCCCC(=O)NC1(c2ccc(C(C)C)cc2OC(=O)C(C)(C)C)CC(=O)c2ccccc2C1=O. The van der Waals surface area contributed by atoms with Crippen LogP contribution in [0.2, 0.25) is 0 Å². The van der Waals surface area contributed by atoms with Gasteiger partial charge in [-0.2, -0.15) is 0 Å². The maximum absolute atomic E-state index is 14.0. The zero-order chi connectivity index (χ0) is 26.0. The summed E-state index contributed by atoms with van der Waals surface area (Å²) in [6.07, 6.45) is 1.44. The fraction of sp³-hybridized carbons (Fsp3) is 0.448. The number of unbranched alkanes of at least 4 members (excludes halogenated alkanes) is 1. The van der Waals surface area contributed by atoms with Gasteiger partial charge in [-0.15, -0.1) is 0 Å². The molecule has 186 valence electrons. The molecule has 6 nitrogen and oxygen atoms in total. The average molecular weight is 478 g/mol. The Morgan fingerprint density at radius 1 is 1.06 bits per heavy atom. The molecule has 0 radical (unpaired) electrons. The predicted octanol–water partition coefficient (Wildman–Crippen LogP) is 5.73. The number of esters is 1. The summed E-state index contributed by atoms with van der Waals surface area (Å²) >= 11 is 0. The molecule has 35 heavy (non-hydrogen) atoms. The van der Waals surface area contributed by atoms with Gasteiger partial charge in [0, 0.05) is 29.5 Å². The summed E-state index contributed by atoms with van der Waals surface area (Å²) in [4.78, 5) is 53.2. The van der Waals surface area contributed by atoms with E-state index in [4.69, 9.17) is 4.74 Å². The van der Waals surface area contributed by atoms with Crippen molar-refractivity contribution in [2.75, 3.05) is 0 Å².